The van der Waals surface area contributed by atoms with Crippen molar-refractivity contribution >= 4 is 26.7 Å². The van der Waals surface area contributed by atoms with Crippen LogP contribution in [0.15, 0.2) is 65.6 Å². The molecule has 0 amide bonds. The minimum Gasteiger partial charge on any atom is -0.292 e. The van der Waals surface area contributed by atoms with Gasteiger partial charge in [0.05, 0.1) is 10.4 Å². The number of pyridine rings is 1. The lowest BCUT2D eigenvalue weighted by atomic mass is 10.0. The number of nitrogens with one attached hydrogen (secondary N) is 2. The van der Waals surface area contributed by atoms with Crippen molar-refractivity contribution in [3.05, 3.63) is 66.2 Å². The normalized spacial score (nSPS) is 11.7. The van der Waals surface area contributed by atoms with E-state index in [2.05, 4.69) is 22.2 Å². The van der Waals surface area contributed by atoms with Gasteiger partial charge in [0.1, 0.15) is 5.82 Å². The summed E-state index contributed by atoms with van der Waals surface area (Å²) in [7, 11) is -3.71. The second-order valence-corrected chi connectivity index (χ2v) is 10.3. The summed E-state index contributed by atoms with van der Waals surface area (Å²) in [6.07, 6.45) is 13.4. The van der Waals surface area contributed by atoms with E-state index in [0.717, 1.165) is 35.7 Å². The Hall–Kier alpha value is -2.44. The highest BCUT2D eigenvalue weighted by atomic mass is 32.2. The van der Waals surface area contributed by atoms with Gasteiger partial charge in [-0.1, -0.05) is 101 Å². The van der Waals surface area contributed by atoms with Gasteiger partial charge in [0.2, 0.25) is 0 Å². The molecule has 0 spiro atoms. The maximum atomic E-state index is 13.0. The third-order valence-corrected chi connectivity index (χ3v) is 7.32. The standard InChI is InChI=1S/C27H37N3O2S/c1-2-3-4-5-6-7-8-9-10-11-17-24-18-13-15-20-26(24)33(31,32)30-29-27-22-21-23-16-12-14-19-25(23)28-27/h12-16,18-22,30H,2-11,17H2,1H3,(H,28,29). The number of rotatable bonds is 15. The molecule has 5 nitrogen and oxygen atoms in total. The number of benzene rings is 2. The van der Waals surface area contributed by atoms with Gasteiger partial charge in [0.25, 0.3) is 10.0 Å². The van der Waals surface area contributed by atoms with E-state index in [9.17, 15) is 8.42 Å². The molecule has 0 bridgehead atoms. The first-order chi connectivity index (χ1) is 16.1. The highest BCUT2D eigenvalue weighted by Gasteiger charge is 2.18. The largest absolute Gasteiger partial charge is 0.292 e. The molecule has 0 saturated carbocycles. The van der Waals surface area contributed by atoms with Crippen LogP contribution in [0.5, 0.6) is 0 Å². The van der Waals surface area contributed by atoms with E-state index in [1.165, 1.54) is 51.4 Å². The smallest absolute Gasteiger partial charge is 0.257 e. The van der Waals surface area contributed by atoms with Gasteiger partial charge in [-0.05, 0) is 42.7 Å². The van der Waals surface area contributed by atoms with E-state index < -0.39 is 10.0 Å². The summed E-state index contributed by atoms with van der Waals surface area (Å²) in [5, 5.41) is 1.01. The molecule has 0 aliphatic rings. The number of unbranched alkanes of at least 4 members (excludes halogenated alkanes) is 9. The lowest BCUT2D eigenvalue weighted by molar-refractivity contribution is 0.555. The van der Waals surface area contributed by atoms with Gasteiger partial charge in [0, 0.05) is 5.39 Å². The first kappa shape index (κ1) is 25.2. The van der Waals surface area contributed by atoms with E-state index in [1.54, 1.807) is 18.2 Å². The van der Waals surface area contributed by atoms with Crippen LogP contribution in [-0.2, 0) is 16.4 Å². The molecule has 3 aromatic rings. The van der Waals surface area contributed by atoms with E-state index in [0.29, 0.717) is 10.7 Å². The molecular formula is C27H37N3O2S. The molecular weight excluding hydrogens is 430 g/mol. The summed E-state index contributed by atoms with van der Waals surface area (Å²) in [5.41, 5.74) is 4.43. The fraction of sp³-hybridized carbons (Fsp3) is 0.444. The molecule has 2 N–H and O–H groups in total. The average molecular weight is 468 g/mol. The van der Waals surface area contributed by atoms with Crippen LogP contribution in [0, 0.1) is 0 Å². The Bertz CT molecular complexity index is 1100. The zero-order chi connectivity index (χ0) is 23.4. The summed E-state index contributed by atoms with van der Waals surface area (Å²) in [6, 6.07) is 18.7. The van der Waals surface area contributed by atoms with E-state index in [4.69, 9.17) is 0 Å². The summed E-state index contributed by atoms with van der Waals surface area (Å²) in [4.78, 5) is 7.29. The Balaban J connectivity index is 1.47. The van der Waals surface area contributed by atoms with Crippen molar-refractivity contribution < 1.29 is 8.42 Å². The van der Waals surface area contributed by atoms with Crippen molar-refractivity contribution in [1.82, 2.24) is 9.82 Å². The molecule has 0 saturated heterocycles. The molecule has 3 rings (SSSR count). The summed E-state index contributed by atoms with van der Waals surface area (Å²) < 4.78 is 25.9. The van der Waals surface area contributed by atoms with Gasteiger partial charge in [-0.15, -0.1) is 4.83 Å². The predicted molar refractivity (Wildman–Crippen MR) is 138 cm³/mol. The highest BCUT2D eigenvalue weighted by molar-refractivity contribution is 7.89. The van der Waals surface area contributed by atoms with Gasteiger partial charge in [-0.2, -0.15) is 0 Å². The molecule has 2 aromatic carbocycles. The Labute approximate surface area is 199 Å². The van der Waals surface area contributed by atoms with Crippen LogP contribution in [0.2, 0.25) is 0 Å². The van der Waals surface area contributed by atoms with Crippen molar-refractivity contribution in [2.24, 2.45) is 0 Å². The second kappa shape index (κ2) is 13.3. The summed E-state index contributed by atoms with van der Waals surface area (Å²) >= 11 is 0. The van der Waals surface area contributed by atoms with Crippen molar-refractivity contribution in [1.29, 1.82) is 0 Å². The number of hydrogen-bond acceptors (Lipinski definition) is 4. The van der Waals surface area contributed by atoms with Crippen LogP contribution >= 0.6 is 0 Å². The zero-order valence-corrected chi connectivity index (χ0v) is 20.5. The lowest BCUT2D eigenvalue weighted by Crippen LogP contribution is -2.30. The second-order valence-electron chi connectivity index (χ2n) is 8.66. The molecule has 0 atom stereocenters. The summed E-state index contributed by atoms with van der Waals surface area (Å²) in [5.74, 6) is 0.462. The van der Waals surface area contributed by atoms with E-state index in [-0.39, 0.29) is 0 Å². The molecule has 0 aliphatic carbocycles. The number of sulfonamides is 1. The van der Waals surface area contributed by atoms with Gasteiger partial charge >= 0.3 is 0 Å². The lowest BCUT2D eigenvalue weighted by Gasteiger charge is -2.13. The average Bonchev–Trinajstić information content (AvgIpc) is 2.84. The summed E-state index contributed by atoms with van der Waals surface area (Å²) in [6.45, 7) is 2.25. The SMILES string of the molecule is CCCCCCCCCCCCc1ccccc1S(=O)(=O)NNc1ccc2ccccc2n1. The number of aryl methyl sites for hydroxylation is 1. The predicted octanol–water partition coefficient (Wildman–Crippen LogP) is 7.00. The van der Waals surface area contributed by atoms with Crippen LogP contribution in [0.4, 0.5) is 5.82 Å². The topological polar surface area (TPSA) is 71.1 Å². The number of fused-ring (bicyclic) bond motifs is 1. The fourth-order valence-electron chi connectivity index (χ4n) is 4.09. The number of hydrogen-bond donors (Lipinski definition) is 2. The van der Waals surface area contributed by atoms with Crippen LogP contribution in [0.1, 0.15) is 76.7 Å². The van der Waals surface area contributed by atoms with Gasteiger partial charge in [-0.3, -0.25) is 5.43 Å². The van der Waals surface area contributed by atoms with Crippen molar-refractivity contribution in [3.8, 4) is 0 Å². The van der Waals surface area contributed by atoms with Crippen molar-refractivity contribution in [3.63, 3.8) is 0 Å². The molecule has 6 heteroatoms. The van der Waals surface area contributed by atoms with Crippen molar-refractivity contribution in [2.75, 3.05) is 5.43 Å². The van der Waals surface area contributed by atoms with E-state index in [1.807, 2.05) is 42.5 Å². The molecule has 0 aliphatic heterocycles. The van der Waals surface area contributed by atoms with Crippen molar-refractivity contribution in [2.45, 2.75) is 82.4 Å². The molecule has 0 unspecified atom stereocenters. The minimum atomic E-state index is -3.71. The van der Waals surface area contributed by atoms with Crippen LogP contribution in [0.3, 0.4) is 0 Å². The van der Waals surface area contributed by atoms with Crippen LogP contribution < -0.4 is 10.3 Å². The third-order valence-electron chi connectivity index (χ3n) is 5.97. The number of aromatic nitrogens is 1. The molecule has 178 valence electrons. The Morgan fingerprint density at radius 3 is 2.12 bits per heavy atom. The van der Waals surface area contributed by atoms with Gasteiger partial charge in [0.15, 0.2) is 0 Å². The Kier molecular flexibility index (Phi) is 10.2. The minimum absolute atomic E-state index is 0.328. The highest BCUT2D eigenvalue weighted by Crippen LogP contribution is 2.20. The molecule has 0 radical (unpaired) electrons. The first-order valence-electron chi connectivity index (χ1n) is 12.3. The Morgan fingerprint density at radius 2 is 1.36 bits per heavy atom. The molecule has 1 heterocycles. The number of para-hydroxylation sites is 1. The van der Waals surface area contributed by atoms with E-state index >= 15 is 0 Å². The third kappa shape index (κ3) is 8.13. The number of hydrazine groups is 1. The first-order valence-corrected chi connectivity index (χ1v) is 13.8. The zero-order valence-electron chi connectivity index (χ0n) is 19.7. The maximum absolute atomic E-state index is 13.0. The fourth-order valence-corrected chi connectivity index (χ4v) is 5.21. The maximum Gasteiger partial charge on any atom is 0.257 e. The van der Waals surface area contributed by atoms with Gasteiger partial charge in [-0.25, -0.2) is 13.4 Å². The number of nitrogens with zero attached hydrogens (tertiary/aromatic N) is 1. The molecule has 0 fully saturated rings. The van der Waals surface area contributed by atoms with Crippen LogP contribution in [0.25, 0.3) is 10.9 Å². The Morgan fingerprint density at radius 1 is 0.727 bits per heavy atom. The monoisotopic (exact) mass is 467 g/mol. The van der Waals surface area contributed by atoms with Crippen LogP contribution in [-0.4, -0.2) is 13.4 Å². The van der Waals surface area contributed by atoms with Gasteiger partial charge < -0.3 is 0 Å². The molecule has 1 aromatic heterocycles. The molecule has 33 heavy (non-hydrogen) atoms. The quantitative estimate of drug-likeness (QED) is 0.186. The number of anilines is 1.